The summed E-state index contributed by atoms with van der Waals surface area (Å²) in [5, 5.41) is 0. The molecule has 0 saturated heterocycles. The molecule has 1 rings (SSSR count). The predicted molar refractivity (Wildman–Crippen MR) is 52.5 cm³/mol. The lowest BCUT2D eigenvalue weighted by Crippen LogP contribution is -2.09. The van der Waals surface area contributed by atoms with E-state index in [1.807, 2.05) is 0 Å². The molecule has 1 aromatic carbocycles. The Labute approximate surface area is 82.5 Å². The summed E-state index contributed by atoms with van der Waals surface area (Å²) < 4.78 is 33.7. The van der Waals surface area contributed by atoms with Crippen LogP contribution in [0.15, 0.2) is 12.1 Å². The number of aryl methyl sites for hydroxylation is 2. The standard InChI is InChI=1S/C8H11NO4S/c1-5-3-6(2)8(9)7(4-5)13-14(10,11)12/h3-4H,9H2,1-2H3,(H,10,11,12). The highest BCUT2D eigenvalue weighted by Gasteiger charge is 2.11. The second kappa shape index (κ2) is 3.47. The molecule has 0 saturated carbocycles. The molecule has 6 heteroatoms. The zero-order chi connectivity index (χ0) is 10.9. The maximum absolute atomic E-state index is 10.5. The van der Waals surface area contributed by atoms with Crippen LogP contribution in [-0.2, 0) is 10.4 Å². The fourth-order valence-corrected chi connectivity index (χ4v) is 1.49. The van der Waals surface area contributed by atoms with Crippen molar-refractivity contribution in [2.45, 2.75) is 13.8 Å². The van der Waals surface area contributed by atoms with Gasteiger partial charge in [0.05, 0.1) is 5.69 Å². The first-order valence-electron chi connectivity index (χ1n) is 3.83. The minimum absolute atomic E-state index is 0.0509. The largest absolute Gasteiger partial charge is 0.446 e. The highest BCUT2D eigenvalue weighted by molar-refractivity contribution is 7.81. The Morgan fingerprint density at radius 3 is 2.43 bits per heavy atom. The van der Waals surface area contributed by atoms with Gasteiger partial charge in [-0.05, 0) is 31.0 Å². The van der Waals surface area contributed by atoms with Gasteiger partial charge in [0.2, 0.25) is 0 Å². The van der Waals surface area contributed by atoms with Gasteiger partial charge in [0.1, 0.15) is 0 Å². The number of hydrogen-bond donors (Lipinski definition) is 2. The Kier molecular flexibility index (Phi) is 2.68. The molecule has 1 aromatic rings. The second-order valence-electron chi connectivity index (χ2n) is 3.00. The molecule has 0 amide bonds. The molecule has 0 aliphatic carbocycles. The molecule has 0 atom stereocenters. The molecule has 0 unspecified atom stereocenters. The van der Waals surface area contributed by atoms with Crippen LogP contribution in [0.5, 0.6) is 5.75 Å². The molecular weight excluding hydrogens is 206 g/mol. The van der Waals surface area contributed by atoms with Crippen molar-refractivity contribution >= 4 is 16.1 Å². The van der Waals surface area contributed by atoms with Crippen LogP contribution >= 0.6 is 0 Å². The average molecular weight is 217 g/mol. The number of hydrogen-bond acceptors (Lipinski definition) is 4. The smallest absolute Gasteiger partial charge is 0.395 e. The molecule has 0 aliphatic heterocycles. The van der Waals surface area contributed by atoms with E-state index in [1.165, 1.54) is 6.07 Å². The number of rotatable bonds is 2. The minimum atomic E-state index is -4.51. The van der Waals surface area contributed by atoms with Gasteiger partial charge in [-0.25, -0.2) is 0 Å². The third-order valence-electron chi connectivity index (χ3n) is 1.69. The molecule has 0 aliphatic rings. The maximum atomic E-state index is 10.5. The monoisotopic (exact) mass is 217 g/mol. The van der Waals surface area contributed by atoms with Gasteiger partial charge in [0, 0.05) is 0 Å². The summed E-state index contributed by atoms with van der Waals surface area (Å²) in [5.74, 6) is -0.0509. The van der Waals surface area contributed by atoms with Gasteiger partial charge in [0.25, 0.3) is 0 Å². The summed E-state index contributed by atoms with van der Waals surface area (Å²) in [5.41, 5.74) is 7.26. The van der Waals surface area contributed by atoms with E-state index >= 15 is 0 Å². The first-order chi connectivity index (χ1) is 6.29. The Hall–Kier alpha value is -1.27. The summed E-state index contributed by atoms with van der Waals surface area (Å²) >= 11 is 0. The fourth-order valence-electron chi connectivity index (χ4n) is 1.12. The maximum Gasteiger partial charge on any atom is 0.446 e. The zero-order valence-corrected chi connectivity index (χ0v) is 8.63. The van der Waals surface area contributed by atoms with Crippen LogP contribution in [-0.4, -0.2) is 13.0 Å². The van der Waals surface area contributed by atoms with E-state index in [0.717, 1.165) is 5.56 Å². The molecule has 0 aromatic heterocycles. The van der Waals surface area contributed by atoms with E-state index in [0.29, 0.717) is 5.56 Å². The summed E-state index contributed by atoms with van der Waals surface area (Å²) in [6.45, 7) is 3.49. The van der Waals surface area contributed by atoms with E-state index in [-0.39, 0.29) is 11.4 Å². The molecule has 0 fully saturated rings. The van der Waals surface area contributed by atoms with Crippen LogP contribution in [0.4, 0.5) is 5.69 Å². The first kappa shape index (κ1) is 10.8. The molecule has 0 spiro atoms. The molecule has 0 heterocycles. The van der Waals surface area contributed by atoms with Crippen molar-refractivity contribution in [3.63, 3.8) is 0 Å². The molecule has 14 heavy (non-hydrogen) atoms. The summed E-state index contributed by atoms with van der Waals surface area (Å²) in [4.78, 5) is 0. The fraction of sp³-hybridized carbons (Fsp3) is 0.250. The van der Waals surface area contributed by atoms with Crippen molar-refractivity contribution in [1.29, 1.82) is 0 Å². The summed E-state index contributed by atoms with van der Waals surface area (Å²) in [7, 11) is -4.51. The van der Waals surface area contributed by atoms with Crippen molar-refractivity contribution in [3.8, 4) is 5.75 Å². The van der Waals surface area contributed by atoms with Crippen LogP contribution in [0.3, 0.4) is 0 Å². The van der Waals surface area contributed by atoms with Crippen LogP contribution in [0.25, 0.3) is 0 Å². The van der Waals surface area contributed by atoms with E-state index in [9.17, 15) is 8.42 Å². The van der Waals surface area contributed by atoms with Crippen LogP contribution in [0.2, 0.25) is 0 Å². The molecule has 3 N–H and O–H groups in total. The van der Waals surface area contributed by atoms with Crippen LogP contribution in [0.1, 0.15) is 11.1 Å². The topological polar surface area (TPSA) is 89.6 Å². The summed E-state index contributed by atoms with van der Waals surface area (Å²) in [6.07, 6.45) is 0. The Bertz CT molecular complexity index is 453. The third kappa shape index (κ3) is 2.61. The Morgan fingerprint density at radius 2 is 1.93 bits per heavy atom. The Morgan fingerprint density at radius 1 is 1.36 bits per heavy atom. The predicted octanol–water partition coefficient (Wildman–Crippen LogP) is 1.07. The quantitative estimate of drug-likeness (QED) is 0.571. The van der Waals surface area contributed by atoms with Crippen molar-refractivity contribution in [2.24, 2.45) is 0 Å². The van der Waals surface area contributed by atoms with Gasteiger partial charge in [-0.1, -0.05) is 6.07 Å². The van der Waals surface area contributed by atoms with Crippen LogP contribution in [0, 0.1) is 13.8 Å². The SMILES string of the molecule is Cc1cc(C)c(N)c(OS(=O)(=O)O)c1. The van der Waals surface area contributed by atoms with Gasteiger partial charge in [-0.15, -0.1) is 0 Å². The summed E-state index contributed by atoms with van der Waals surface area (Å²) in [6, 6.07) is 3.22. The number of nitrogen functional groups attached to an aromatic ring is 1. The number of anilines is 1. The molecule has 5 nitrogen and oxygen atoms in total. The van der Waals surface area contributed by atoms with Gasteiger partial charge in [-0.3, -0.25) is 4.55 Å². The molecular formula is C8H11NO4S. The normalized spacial score (nSPS) is 11.4. The van der Waals surface area contributed by atoms with E-state index in [4.69, 9.17) is 10.3 Å². The van der Waals surface area contributed by atoms with Crippen molar-refractivity contribution in [2.75, 3.05) is 5.73 Å². The van der Waals surface area contributed by atoms with Crippen molar-refractivity contribution in [3.05, 3.63) is 23.3 Å². The zero-order valence-electron chi connectivity index (χ0n) is 7.81. The van der Waals surface area contributed by atoms with E-state index in [2.05, 4.69) is 4.18 Å². The van der Waals surface area contributed by atoms with Crippen LogP contribution < -0.4 is 9.92 Å². The van der Waals surface area contributed by atoms with Gasteiger partial charge >= 0.3 is 10.4 Å². The third-order valence-corrected chi connectivity index (χ3v) is 2.08. The van der Waals surface area contributed by atoms with E-state index < -0.39 is 10.4 Å². The van der Waals surface area contributed by atoms with Crippen molar-refractivity contribution in [1.82, 2.24) is 0 Å². The number of nitrogens with two attached hydrogens (primary N) is 1. The molecule has 0 bridgehead atoms. The van der Waals surface area contributed by atoms with Gasteiger partial charge in [0.15, 0.2) is 5.75 Å². The highest BCUT2D eigenvalue weighted by Crippen LogP contribution is 2.27. The van der Waals surface area contributed by atoms with E-state index in [1.54, 1.807) is 19.9 Å². The average Bonchev–Trinajstić information content (AvgIpc) is 1.96. The second-order valence-corrected chi connectivity index (χ2v) is 4.03. The number of benzene rings is 1. The lowest BCUT2D eigenvalue weighted by Gasteiger charge is -2.08. The van der Waals surface area contributed by atoms with Gasteiger partial charge in [-0.2, -0.15) is 8.42 Å². The highest BCUT2D eigenvalue weighted by atomic mass is 32.3. The first-order valence-corrected chi connectivity index (χ1v) is 5.20. The minimum Gasteiger partial charge on any atom is -0.395 e. The lowest BCUT2D eigenvalue weighted by atomic mass is 10.1. The molecule has 0 radical (unpaired) electrons. The molecule has 78 valence electrons. The van der Waals surface area contributed by atoms with Gasteiger partial charge < -0.3 is 9.92 Å². The lowest BCUT2D eigenvalue weighted by molar-refractivity contribution is 0.387. The Balaban J connectivity index is 3.22. The van der Waals surface area contributed by atoms with Crippen molar-refractivity contribution < 1.29 is 17.2 Å².